The van der Waals surface area contributed by atoms with Gasteiger partial charge in [0, 0.05) is 17.3 Å². The quantitative estimate of drug-likeness (QED) is 0.330. The summed E-state index contributed by atoms with van der Waals surface area (Å²) in [7, 11) is 0. The highest BCUT2D eigenvalue weighted by atomic mass is 35.5. The zero-order valence-corrected chi connectivity index (χ0v) is 20.1. The van der Waals surface area contributed by atoms with Crippen LogP contribution in [-0.2, 0) is 0 Å². The molecule has 0 bridgehead atoms. The molecule has 0 amide bonds. The molecule has 1 atom stereocenters. The summed E-state index contributed by atoms with van der Waals surface area (Å²) in [5.41, 5.74) is 7.88. The van der Waals surface area contributed by atoms with Gasteiger partial charge in [0.1, 0.15) is 23.5 Å². The molecule has 0 spiro atoms. The highest BCUT2D eigenvalue weighted by Crippen LogP contribution is 2.41. The van der Waals surface area contributed by atoms with Crippen molar-refractivity contribution < 1.29 is 4.42 Å². The van der Waals surface area contributed by atoms with Gasteiger partial charge in [-0.05, 0) is 49.4 Å². The van der Waals surface area contributed by atoms with Crippen molar-refractivity contribution in [3.63, 3.8) is 0 Å². The van der Waals surface area contributed by atoms with Gasteiger partial charge in [-0.25, -0.2) is 9.97 Å². The summed E-state index contributed by atoms with van der Waals surface area (Å²) < 4.78 is 7.55. The number of nitrogen functional groups attached to an aromatic ring is 1. The first-order chi connectivity index (χ1) is 17.5. The summed E-state index contributed by atoms with van der Waals surface area (Å²) in [5.74, 6) is 1.81. The lowest BCUT2D eigenvalue weighted by molar-refractivity contribution is 0.508. The van der Waals surface area contributed by atoms with E-state index in [9.17, 15) is 4.79 Å². The molecule has 0 saturated heterocycles. The van der Waals surface area contributed by atoms with Gasteiger partial charge in [0.15, 0.2) is 0 Å². The fraction of sp³-hybridized carbons (Fsp3) is 0.192. The van der Waals surface area contributed by atoms with Crippen molar-refractivity contribution in [2.75, 3.05) is 11.1 Å². The SMILES string of the molecule is C[C@H](Nc1ncnc(N)c1-c1nnc(C2CC2)o1)c1cc2cccc(Cl)c2c(=O)n1-c1ccccc1. The van der Waals surface area contributed by atoms with Crippen molar-refractivity contribution in [3.05, 3.63) is 87.9 Å². The van der Waals surface area contributed by atoms with Crippen LogP contribution in [0.5, 0.6) is 0 Å². The molecule has 3 N–H and O–H groups in total. The van der Waals surface area contributed by atoms with Crippen molar-refractivity contribution in [1.82, 2.24) is 24.7 Å². The molecule has 1 aliphatic carbocycles. The lowest BCUT2D eigenvalue weighted by Gasteiger charge is -2.22. The fourth-order valence-corrected chi connectivity index (χ4v) is 4.59. The molecule has 1 aliphatic rings. The lowest BCUT2D eigenvalue weighted by atomic mass is 10.1. The Labute approximate surface area is 211 Å². The van der Waals surface area contributed by atoms with Gasteiger partial charge in [0.05, 0.1) is 16.5 Å². The Hall–Kier alpha value is -4.24. The predicted molar refractivity (Wildman–Crippen MR) is 138 cm³/mol. The third-order valence-electron chi connectivity index (χ3n) is 6.29. The number of aromatic nitrogens is 5. The normalized spacial score (nSPS) is 14.2. The Morgan fingerprint density at radius 2 is 1.92 bits per heavy atom. The van der Waals surface area contributed by atoms with E-state index in [0.717, 1.165) is 23.9 Å². The first-order valence-corrected chi connectivity index (χ1v) is 12.0. The number of anilines is 2. The highest BCUT2D eigenvalue weighted by molar-refractivity contribution is 6.35. The van der Waals surface area contributed by atoms with Gasteiger partial charge in [0.25, 0.3) is 11.4 Å². The second-order valence-corrected chi connectivity index (χ2v) is 9.22. The molecule has 0 aliphatic heterocycles. The van der Waals surface area contributed by atoms with E-state index in [1.165, 1.54) is 6.33 Å². The Bertz CT molecular complexity index is 1640. The van der Waals surface area contributed by atoms with Crippen LogP contribution in [0, 0.1) is 0 Å². The molecule has 3 heterocycles. The molecule has 3 aromatic heterocycles. The van der Waals surface area contributed by atoms with Gasteiger partial charge < -0.3 is 15.5 Å². The molecular formula is C26H22ClN7O2. The van der Waals surface area contributed by atoms with Crippen molar-refractivity contribution in [1.29, 1.82) is 0 Å². The maximum absolute atomic E-state index is 13.7. The van der Waals surface area contributed by atoms with E-state index >= 15 is 0 Å². The van der Waals surface area contributed by atoms with Gasteiger partial charge in [-0.15, -0.1) is 10.2 Å². The molecule has 180 valence electrons. The number of hydrogen-bond acceptors (Lipinski definition) is 8. The van der Waals surface area contributed by atoms with Crippen LogP contribution in [0.15, 0.2) is 70.1 Å². The molecule has 36 heavy (non-hydrogen) atoms. The van der Waals surface area contributed by atoms with E-state index in [1.807, 2.05) is 55.5 Å². The first-order valence-electron chi connectivity index (χ1n) is 11.6. The minimum absolute atomic E-state index is 0.207. The van der Waals surface area contributed by atoms with E-state index in [2.05, 4.69) is 25.5 Å². The first kappa shape index (κ1) is 22.2. The second-order valence-electron chi connectivity index (χ2n) is 8.82. The fourth-order valence-electron chi connectivity index (χ4n) is 4.33. The van der Waals surface area contributed by atoms with Crippen molar-refractivity contribution in [2.24, 2.45) is 0 Å². The van der Waals surface area contributed by atoms with Crippen molar-refractivity contribution in [3.8, 4) is 17.1 Å². The van der Waals surface area contributed by atoms with Crippen LogP contribution >= 0.6 is 11.6 Å². The highest BCUT2D eigenvalue weighted by Gasteiger charge is 2.31. The van der Waals surface area contributed by atoms with E-state index in [1.54, 1.807) is 10.6 Å². The lowest BCUT2D eigenvalue weighted by Crippen LogP contribution is -2.26. The zero-order valence-electron chi connectivity index (χ0n) is 19.4. The summed E-state index contributed by atoms with van der Waals surface area (Å²) in [4.78, 5) is 22.3. The van der Waals surface area contributed by atoms with Crippen LogP contribution in [0.25, 0.3) is 27.9 Å². The molecular weight excluding hydrogens is 478 g/mol. The van der Waals surface area contributed by atoms with E-state index < -0.39 is 0 Å². The molecule has 6 rings (SSSR count). The third-order valence-corrected chi connectivity index (χ3v) is 6.61. The minimum Gasteiger partial charge on any atom is -0.420 e. The number of nitrogens with one attached hydrogen (secondary N) is 1. The Kier molecular flexibility index (Phi) is 5.41. The standard InChI is InChI=1S/C26H22ClN7O2/c1-14(31-23-21(22(28)29-13-30-23)25-33-32-24(36-25)15-10-11-15)19-12-16-6-5-9-18(27)20(16)26(35)34(19)17-7-3-2-4-8-17/h2-9,12-15H,10-11H2,1H3,(H3,28,29,30,31)/t14-/m0/s1. The average molecular weight is 500 g/mol. The molecule has 2 aromatic carbocycles. The smallest absolute Gasteiger partial charge is 0.264 e. The number of nitrogens with zero attached hydrogens (tertiary/aromatic N) is 5. The van der Waals surface area contributed by atoms with E-state index in [-0.39, 0.29) is 23.3 Å². The summed E-state index contributed by atoms with van der Waals surface area (Å²) >= 11 is 6.43. The minimum atomic E-state index is -0.375. The van der Waals surface area contributed by atoms with Gasteiger partial charge in [0.2, 0.25) is 5.89 Å². The number of nitrogens with two attached hydrogens (primary N) is 1. The molecule has 0 radical (unpaired) electrons. The number of fused-ring (bicyclic) bond motifs is 1. The topological polar surface area (TPSA) is 125 Å². The van der Waals surface area contributed by atoms with Gasteiger partial charge in [-0.2, -0.15) is 0 Å². The number of para-hydroxylation sites is 1. The van der Waals surface area contributed by atoms with Crippen LogP contribution in [0.4, 0.5) is 11.6 Å². The Balaban J connectivity index is 1.47. The number of benzene rings is 2. The maximum Gasteiger partial charge on any atom is 0.264 e. The van der Waals surface area contributed by atoms with Crippen LogP contribution in [0.3, 0.4) is 0 Å². The van der Waals surface area contributed by atoms with Crippen LogP contribution in [0.2, 0.25) is 5.02 Å². The van der Waals surface area contributed by atoms with Crippen molar-refractivity contribution >= 4 is 34.0 Å². The Morgan fingerprint density at radius 1 is 1.11 bits per heavy atom. The monoisotopic (exact) mass is 499 g/mol. The van der Waals surface area contributed by atoms with Crippen LogP contribution in [-0.4, -0.2) is 24.7 Å². The molecule has 1 fully saturated rings. The van der Waals surface area contributed by atoms with Gasteiger partial charge in [-0.3, -0.25) is 9.36 Å². The number of pyridine rings is 1. The molecule has 10 heteroatoms. The molecule has 0 unspecified atom stereocenters. The number of hydrogen-bond donors (Lipinski definition) is 2. The molecule has 1 saturated carbocycles. The van der Waals surface area contributed by atoms with Crippen molar-refractivity contribution in [2.45, 2.75) is 31.7 Å². The summed E-state index contributed by atoms with van der Waals surface area (Å²) in [6, 6.07) is 16.4. The van der Waals surface area contributed by atoms with Crippen LogP contribution in [0.1, 0.15) is 43.3 Å². The Morgan fingerprint density at radius 3 is 2.69 bits per heavy atom. The van der Waals surface area contributed by atoms with Gasteiger partial charge >= 0.3 is 0 Å². The zero-order chi connectivity index (χ0) is 24.8. The summed E-state index contributed by atoms with van der Waals surface area (Å²) in [6.45, 7) is 1.94. The average Bonchev–Trinajstić information content (AvgIpc) is 3.62. The molecule has 9 nitrogen and oxygen atoms in total. The predicted octanol–water partition coefficient (Wildman–Crippen LogP) is 5.12. The van der Waals surface area contributed by atoms with Crippen LogP contribution < -0.4 is 16.6 Å². The molecule has 5 aromatic rings. The second kappa shape index (κ2) is 8.76. The van der Waals surface area contributed by atoms with E-state index in [0.29, 0.717) is 39.3 Å². The largest absolute Gasteiger partial charge is 0.420 e. The summed E-state index contributed by atoms with van der Waals surface area (Å²) in [6.07, 6.45) is 3.44. The number of rotatable bonds is 6. The van der Waals surface area contributed by atoms with Gasteiger partial charge in [-0.1, -0.05) is 41.9 Å². The summed E-state index contributed by atoms with van der Waals surface area (Å²) in [5, 5.41) is 13.4. The third kappa shape index (κ3) is 3.87. The van der Waals surface area contributed by atoms with E-state index in [4.69, 9.17) is 21.8 Å². The number of halogens is 1. The maximum atomic E-state index is 13.7.